The fraction of sp³-hybridized carbons (Fsp3) is 0.158. The van der Waals surface area contributed by atoms with Crippen molar-refractivity contribution in [3.05, 3.63) is 59.7 Å². The average Bonchev–Trinajstić information content (AvgIpc) is 3.01. The van der Waals surface area contributed by atoms with Crippen LogP contribution in [0.5, 0.6) is 0 Å². The number of rotatable bonds is 5. The highest BCUT2D eigenvalue weighted by Crippen LogP contribution is 2.33. The number of nitrogens with one attached hydrogen (secondary N) is 1. The Hall–Kier alpha value is -2.98. The molecule has 0 atom stereocenters. The Bertz CT molecular complexity index is 1220. The van der Waals surface area contributed by atoms with Crippen LogP contribution in [0, 0.1) is 0 Å². The molecule has 0 fully saturated rings. The number of hydrogen-bond donors (Lipinski definition) is 1. The molecular weight excluding hydrogens is 418 g/mol. The van der Waals surface area contributed by atoms with E-state index in [1.165, 1.54) is 36.4 Å². The molecule has 1 aliphatic heterocycles. The number of carbonyl (C=O) groups is 2. The van der Waals surface area contributed by atoms with Crippen LogP contribution in [0.2, 0.25) is 0 Å². The standard InChI is InChI=1S/C19H17NO7S2/c1-12(21)20-29(25,26)16-9-5-14(6-10-16)18-17(11-27-19(18)22)13-3-7-15(8-4-13)28(2,23)24/h3-10H,11H2,1-2H3,(H,20,21). The molecule has 0 radical (unpaired) electrons. The lowest BCUT2D eigenvalue weighted by atomic mass is 9.97. The van der Waals surface area contributed by atoms with Crippen LogP contribution in [-0.2, 0) is 34.2 Å². The Balaban J connectivity index is 2.01. The third-order valence-electron chi connectivity index (χ3n) is 4.22. The maximum Gasteiger partial charge on any atom is 0.339 e. The minimum absolute atomic E-state index is 0.0122. The van der Waals surface area contributed by atoms with Crippen molar-refractivity contribution < 1.29 is 31.2 Å². The molecule has 0 aromatic heterocycles. The number of sulfone groups is 1. The highest BCUT2D eigenvalue weighted by Gasteiger charge is 2.28. The molecule has 152 valence electrons. The van der Waals surface area contributed by atoms with Crippen LogP contribution in [0.3, 0.4) is 0 Å². The van der Waals surface area contributed by atoms with E-state index < -0.39 is 31.7 Å². The van der Waals surface area contributed by atoms with E-state index in [0.29, 0.717) is 16.7 Å². The molecule has 10 heteroatoms. The quantitative estimate of drug-likeness (QED) is 0.704. The molecule has 1 aliphatic rings. The summed E-state index contributed by atoms with van der Waals surface area (Å²) >= 11 is 0. The first-order valence-corrected chi connectivity index (χ1v) is 11.7. The Morgan fingerprint density at radius 1 is 0.897 bits per heavy atom. The first-order valence-electron chi connectivity index (χ1n) is 8.33. The summed E-state index contributed by atoms with van der Waals surface area (Å²) in [5.41, 5.74) is 1.89. The van der Waals surface area contributed by atoms with Crippen molar-refractivity contribution in [3.8, 4) is 0 Å². The van der Waals surface area contributed by atoms with Gasteiger partial charge in [0.1, 0.15) is 6.61 Å². The number of benzene rings is 2. The largest absolute Gasteiger partial charge is 0.457 e. The monoisotopic (exact) mass is 435 g/mol. The van der Waals surface area contributed by atoms with Crippen molar-refractivity contribution >= 4 is 42.9 Å². The van der Waals surface area contributed by atoms with Crippen LogP contribution in [0.25, 0.3) is 11.1 Å². The van der Waals surface area contributed by atoms with E-state index in [2.05, 4.69) is 0 Å². The summed E-state index contributed by atoms with van der Waals surface area (Å²) < 4.78 is 54.3. The van der Waals surface area contributed by atoms with Crippen LogP contribution >= 0.6 is 0 Å². The van der Waals surface area contributed by atoms with Crippen molar-refractivity contribution in [2.45, 2.75) is 16.7 Å². The van der Waals surface area contributed by atoms with Crippen molar-refractivity contribution in [2.75, 3.05) is 12.9 Å². The van der Waals surface area contributed by atoms with E-state index in [0.717, 1.165) is 13.2 Å². The number of esters is 1. The van der Waals surface area contributed by atoms with Crippen LogP contribution < -0.4 is 4.72 Å². The van der Waals surface area contributed by atoms with Crippen LogP contribution in [0.15, 0.2) is 58.3 Å². The lowest BCUT2D eigenvalue weighted by Gasteiger charge is -2.08. The van der Waals surface area contributed by atoms with Gasteiger partial charge in [0.15, 0.2) is 9.84 Å². The normalized spacial score (nSPS) is 14.6. The van der Waals surface area contributed by atoms with Gasteiger partial charge in [-0.15, -0.1) is 0 Å². The molecule has 8 nitrogen and oxygen atoms in total. The second kappa shape index (κ2) is 7.45. The molecule has 0 spiro atoms. The van der Waals surface area contributed by atoms with Gasteiger partial charge in [-0.1, -0.05) is 24.3 Å². The van der Waals surface area contributed by atoms with Crippen molar-refractivity contribution in [1.82, 2.24) is 4.72 Å². The van der Waals surface area contributed by atoms with Gasteiger partial charge in [-0.2, -0.15) is 0 Å². The third-order valence-corrected chi connectivity index (χ3v) is 6.79. The van der Waals surface area contributed by atoms with E-state index in [-0.39, 0.29) is 22.0 Å². The van der Waals surface area contributed by atoms with E-state index in [1.807, 2.05) is 4.72 Å². The molecule has 0 bridgehead atoms. The molecule has 1 N–H and O–H groups in total. The fourth-order valence-corrected chi connectivity index (χ4v) is 4.50. The Labute approximate surface area is 168 Å². The lowest BCUT2D eigenvalue weighted by molar-refractivity contribution is -0.133. The number of amides is 1. The van der Waals surface area contributed by atoms with Gasteiger partial charge in [0.05, 0.1) is 15.4 Å². The highest BCUT2D eigenvalue weighted by atomic mass is 32.2. The summed E-state index contributed by atoms with van der Waals surface area (Å²) in [7, 11) is -7.33. The zero-order chi connectivity index (χ0) is 21.4. The topological polar surface area (TPSA) is 124 Å². The average molecular weight is 435 g/mol. The molecule has 0 aliphatic carbocycles. The van der Waals surface area contributed by atoms with Gasteiger partial charge in [-0.05, 0) is 35.4 Å². The second-order valence-electron chi connectivity index (χ2n) is 6.41. The number of carbonyl (C=O) groups excluding carboxylic acids is 2. The van der Waals surface area contributed by atoms with Gasteiger partial charge in [0.25, 0.3) is 10.0 Å². The number of cyclic esters (lactones) is 1. The van der Waals surface area contributed by atoms with Crippen LogP contribution in [-0.4, -0.2) is 41.6 Å². The van der Waals surface area contributed by atoms with Gasteiger partial charge >= 0.3 is 5.97 Å². The van der Waals surface area contributed by atoms with E-state index in [4.69, 9.17) is 4.74 Å². The predicted molar refractivity (Wildman–Crippen MR) is 105 cm³/mol. The number of sulfonamides is 1. The molecule has 0 saturated heterocycles. The first-order chi connectivity index (χ1) is 13.5. The number of ether oxygens (including phenoxy) is 1. The van der Waals surface area contributed by atoms with E-state index in [1.54, 1.807) is 12.1 Å². The number of hydrogen-bond acceptors (Lipinski definition) is 7. The fourth-order valence-electron chi connectivity index (χ4n) is 2.88. The maximum atomic E-state index is 12.3. The third kappa shape index (κ3) is 4.38. The van der Waals surface area contributed by atoms with Crippen molar-refractivity contribution in [2.24, 2.45) is 0 Å². The Morgan fingerprint density at radius 2 is 1.41 bits per heavy atom. The zero-order valence-corrected chi connectivity index (χ0v) is 17.1. The molecule has 2 aromatic carbocycles. The minimum Gasteiger partial charge on any atom is -0.457 e. The maximum absolute atomic E-state index is 12.3. The smallest absolute Gasteiger partial charge is 0.339 e. The SMILES string of the molecule is CC(=O)NS(=O)(=O)c1ccc(C2=C(c3ccc(S(C)(=O)=O)cc3)COC2=O)cc1. The molecule has 3 rings (SSSR count). The molecule has 29 heavy (non-hydrogen) atoms. The summed E-state index contributed by atoms with van der Waals surface area (Å²) in [6.45, 7) is 1.10. The minimum atomic E-state index is -3.99. The molecule has 1 heterocycles. The van der Waals surface area contributed by atoms with E-state index in [9.17, 15) is 26.4 Å². The first kappa shape index (κ1) is 20.7. The van der Waals surface area contributed by atoms with Crippen molar-refractivity contribution in [1.29, 1.82) is 0 Å². The molecule has 1 amide bonds. The van der Waals surface area contributed by atoms with E-state index >= 15 is 0 Å². The Morgan fingerprint density at radius 3 is 1.93 bits per heavy atom. The van der Waals surface area contributed by atoms with Gasteiger partial charge in [-0.3, -0.25) is 4.79 Å². The van der Waals surface area contributed by atoms with Gasteiger partial charge in [-0.25, -0.2) is 26.4 Å². The van der Waals surface area contributed by atoms with Gasteiger partial charge in [0, 0.05) is 18.8 Å². The zero-order valence-electron chi connectivity index (χ0n) is 15.5. The summed E-state index contributed by atoms with van der Waals surface area (Å²) in [5, 5.41) is 0. The lowest BCUT2D eigenvalue weighted by Crippen LogP contribution is -2.28. The molecule has 0 saturated carbocycles. The summed E-state index contributed by atoms with van der Waals surface area (Å²) in [6.07, 6.45) is 1.10. The summed E-state index contributed by atoms with van der Waals surface area (Å²) in [5.74, 6) is -1.28. The van der Waals surface area contributed by atoms with Crippen molar-refractivity contribution in [3.63, 3.8) is 0 Å². The summed E-state index contributed by atoms with van der Waals surface area (Å²) in [6, 6.07) is 11.5. The molecular formula is C19H17NO7S2. The summed E-state index contributed by atoms with van der Waals surface area (Å²) in [4.78, 5) is 23.3. The van der Waals surface area contributed by atoms with Crippen LogP contribution in [0.4, 0.5) is 0 Å². The van der Waals surface area contributed by atoms with Gasteiger partial charge < -0.3 is 4.74 Å². The molecule has 0 unspecified atom stereocenters. The predicted octanol–water partition coefficient (Wildman–Crippen LogP) is 1.38. The second-order valence-corrected chi connectivity index (χ2v) is 10.1. The van der Waals surface area contributed by atoms with Crippen LogP contribution in [0.1, 0.15) is 18.1 Å². The molecule has 2 aromatic rings. The Kier molecular flexibility index (Phi) is 5.33. The van der Waals surface area contributed by atoms with Gasteiger partial charge in [0.2, 0.25) is 5.91 Å². The highest BCUT2D eigenvalue weighted by molar-refractivity contribution is 7.90.